The maximum atomic E-state index is 14.0. The zero-order valence-electron chi connectivity index (χ0n) is 18.1. The van der Waals surface area contributed by atoms with Crippen LogP contribution in [0.1, 0.15) is 37.2 Å². The number of nitrogens with zero attached hydrogens (tertiary/aromatic N) is 3. The topological polar surface area (TPSA) is 62.7 Å². The van der Waals surface area contributed by atoms with Gasteiger partial charge in [0.1, 0.15) is 33.9 Å². The van der Waals surface area contributed by atoms with E-state index in [0.717, 1.165) is 0 Å². The Morgan fingerprint density at radius 2 is 1.64 bits per heavy atom. The molecule has 172 valence electrons. The van der Waals surface area contributed by atoms with E-state index in [9.17, 15) is 18.4 Å². The second-order valence-corrected chi connectivity index (χ2v) is 8.77. The normalized spacial score (nSPS) is 14.2. The van der Waals surface area contributed by atoms with Gasteiger partial charge >= 0.3 is 0 Å². The molecule has 0 radical (unpaired) electrons. The first-order valence-corrected chi connectivity index (χ1v) is 11.4. The average molecular weight is 472 g/mol. The smallest absolute Gasteiger partial charge is 0.265 e. The van der Waals surface area contributed by atoms with E-state index in [1.807, 2.05) is 0 Å². The van der Waals surface area contributed by atoms with E-state index >= 15 is 0 Å². The second-order valence-electron chi connectivity index (χ2n) is 7.68. The van der Waals surface area contributed by atoms with Crippen molar-refractivity contribution in [2.24, 2.45) is 0 Å². The fraction of sp³-hybridized carbons (Fsp3) is 0.292. The van der Waals surface area contributed by atoms with Gasteiger partial charge in [0.15, 0.2) is 0 Å². The molecule has 0 saturated carbocycles. The molecule has 1 fully saturated rings. The lowest BCUT2D eigenvalue weighted by molar-refractivity contribution is 0.0718. The number of halogens is 2. The Labute approximate surface area is 194 Å². The SMILES string of the molecule is Cc1nc(COc2ccc(F)cc2)sc1C(=O)N1CCCN(C(=O)c2ccccc2F)CC1. The van der Waals surface area contributed by atoms with Crippen molar-refractivity contribution in [2.45, 2.75) is 20.0 Å². The molecule has 33 heavy (non-hydrogen) atoms. The minimum absolute atomic E-state index is 0.0429. The molecule has 1 saturated heterocycles. The van der Waals surface area contributed by atoms with Gasteiger partial charge in [-0.2, -0.15) is 0 Å². The molecule has 2 heterocycles. The predicted molar refractivity (Wildman–Crippen MR) is 120 cm³/mol. The number of amides is 2. The highest BCUT2D eigenvalue weighted by Gasteiger charge is 2.27. The number of aryl methyl sites for hydroxylation is 1. The lowest BCUT2D eigenvalue weighted by Gasteiger charge is -2.22. The number of rotatable bonds is 5. The van der Waals surface area contributed by atoms with Crippen molar-refractivity contribution in [3.8, 4) is 5.75 Å². The number of thiazole rings is 1. The highest BCUT2D eigenvalue weighted by molar-refractivity contribution is 7.13. The van der Waals surface area contributed by atoms with Crippen molar-refractivity contribution in [1.82, 2.24) is 14.8 Å². The van der Waals surface area contributed by atoms with Gasteiger partial charge in [-0.15, -0.1) is 11.3 Å². The Kier molecular flexibility index (Phi) is 6.98. The second kappa shape index (κ2) is 10.1. The first kappa shape index (κ1) is 22.8. The monoisotopic (exact) mass is 471 g/mol. The first-order valence-electron chi connectivity index (χ1n) is 10.6. The van der Waals surface area contributed by atoms with Crippen LogP contribution in [0.4, 0.5) is 8.78 Å². The van der Waals surface area contributed by atoms with Crippen LogP contribution in [0.15, 0.2) is 48.5 Å². The summed E-state index contributed by atoms with van der Waals surface area (Å²) in [6.45, 7) is 3.59. The van der Waals surface area contributed by atoms with Crippen LogP contribution in [0.2, 0.25) is 0 Å². The van der Waals surface area contributed by atoms with Crippen molar-refractivity contribution >= 4 is 23.2 Å². The maximum absolute atomic E-state index is 14.0. The standard InChI is InChI=1S/C24H23F2N3O3S/c1-16-22(33-21(27-16)15-32-18-9-7-17(25)8-10-18)24(31)29-12-4-11-28(13-14-29)23(30)19-5-2-3-6-20(19)26/h2-3,5-10H,4,11-15H2,1H3. The van der Waals surface area contributed by atoms with Crippen LogP contribution in [0, 0.1) is 18.6 Å². The highest BCUT2D eigenvalue weighted by atomic mass is 32.1. The van der Waals surface area contributed by atoms with Gasteiger partial charge in [-0.25, -0.2) is 13.8 Å². The van der Waals surface area contributed by atoms with E-state index in [1.165, 1.54) is 47.7 Å². The summed E-state index contributed by atoms with van der Waals surface area (Å²) >= 11 is 1.26. The van der Waals surface area contributed by atoms with Gasteiger partial charge in [0.25, 0.3) is 11.8 Å². The molecule has 0 bridgehead atoms. The maximum Gasteiger partial charge on any atom is 0.265 e. The van der Waals surface area contributed by atoms with Gasteiger partial charge in [0.05, 0.1) is 11.3 Å². The van der Waals surface area contributed by atoms with Gasteiger partial charge in [0, 0.05) is 26.2 Å². The minimum atomic E-state index is -0.546. The van der Waals surface area contributed by atoms with E-state index in [2.05, 4.69) is 4.98 Å². The molecular formula is C24H23F2N3O3S. The van der Waals surface area contributed by atoms with Gasteiger partial charge in [-0.3, -0.25) is 9.59 Å². The molecule has 6 nitrogen and oxygen atoms in total. The first-order chi connectivity index (χ1) is 15.9. The zero-order valence-corrected chi connectivity index (χ0v) is 18.9. The number of carbonyl (C=O) groups is 2. The summed E-state index contributed by atoms with van der Waals surface area (Å²) in [5.74, 6) is -0.874. The molecule has 2 aromatic carbocycles. The molecule has 1 aromatic heterocycles. The Bertz CT molecular complexity index is 1150. The van der Waals surface area contributed by atoms with Crippen LogP contribution in [0.5, 0.6) is 5.75 Å². The third-order valence-corrected chi connectivity index (χ3v) is 6.50. The molecule has 2 amide bonds. The molecular weight excluding hydrogens is 448 g/mol. The highest BCUT2D eigenvalue weighted by Crippen LogP contribution is 2.23. The minimum Gasteiger partial charge on any atom is -0.486 e. The van der Waals surface area contributed by atoms with Gasteiger partial charge < -0.3 is 14.5 Å². The molecule has 0 N–H and O–H groups in total. The van der Waals surface area contributed by atoms with Crippen LogP contribution < -0.4 is 4.74 Å². The average Bonchev–Trinajstić information content (AvgIpc) is 3.02. The van der Waals surface area contributed by atoms with Gasteiger partial charge in [-0.05, 0) is 49.7 Å². The van der Waals surface area contributed by atoms with E-state index in [-0.39, 0.29) is 29.8 Å². The van der Waals surface area contributed by atoms with Gasteiger partial charge in [0.2, 0.25) is 0 Å². The molecule has 0 unspecified atom stereocenters. The number of hydrogen-bond donors (Lipinski definition) is 0. The van der Waals surface area contributed by atoms with E-state index in [4.69, 9.17) is 4.74 Å². The Balaban J connectivity index is 1.38. The quantitative estimate of drug-likeness (QED) is 0.557. The van der Waals surface area contributed by atoms with Crippen LogP contribution in [0.3, 0.4) is 0 Å². The summed E-state index contributed by atoms with van der Waals surface area (Å²) in [7, 11) is 0. The Morgan fingerprint density at radius 3 is 2.33 bits per heavy atom. The molecule has 9 heteroatoms. The number of benzene rings is 2. The van der Waals surface area contributed by atoms with Crippen molar-refractivity contribution in [3.05, 3.63) is 81.3 Å². The largest absolute Gasteiger partial charge is 0.486 e. The Hall–Kier alpha value is -3.33. The summed E-state index contributed by atoms with van der Waals surface area (Å²) in [5.41, 5.74) is 0.660. The summed E-state index contributed by atoms with van der Waals surface area (Å²) in [6.07, 6.45) is 0.602. The predicted octanol–water partition coefficient (Wildman–Crippen LogP) is 4.30. The number of aromatic nitrogens is 1. The lowest BCUT2D eigenvalue weighted by Crippen LogP contribution is -2.37. The summed E-state index contributed by atoms with van der Waals surface area (Å²) in [5, 5.41) is 0.645. The van der Waals surface area contributed by atoms with E-state index < -0.39 is 5.82 Å². The van der Waals surface area contributed by atoms with Crippen LogP contribution in [0.25, 0.3) is 0 Å². The molecule has 3 aromatic rings. The van der Waals surface area contributed by atoms with Crippen molar-refractivity contribution in [3.63, 3.8) is 0 Å². The van der Waals surface area contributed by atoms with Crippen LogP contribution in [-0.4, -0.2) is 52.8 Å². The Morgan fingerprint density at radius 1 is 0.970 bits per heavy atom. The third kappa shape index (κ3) is 5.36. The third-order valence-electron chi connectivity index (χ3n) is 5.39. The molecule has 0 spiro atoms. The van der Waals surface area contributed by atoms with Crippen LogP contribution >= 0.6 is 11.3 Å². The number of ether oxygens (including phenoxy) is 1. The molecule has 0 aliphatic carbocycles. The lowest BCUT2D eigenvalue weighted by atomic mass is 10.2. The summed E-state index contributed by atoms with van der Waals surface area (Å²) in [4.78, 5) is 34.1. The van der Waals surface area contributed by atoms with E-state index in [0.29, 0.717) is 53.9 Å². The van der Waals surface area contributed by atoms with Gasteiger partial charge in [-0.1, -0.05) is 12.1 Å². The molecule has 1 aliphatic rings. The summed E-state index contributed by atoms with van der Waals surface area (Å²) in [6, 6.07) is 11.6. The molecule has 1 aliphatic heterocycles. The number of hydrogen-bond acceptors (Lipinski definition) is 5. The van der Waals surface area contributed by atoms with E-state index in [1.54, 1.807) is 28.9 Å². The van der Waals surface area contributed by atoms with Crippen molar-refractivity contribution < 1.29 is 23.1 Å². The molecule has 4 rings (SSSR count). The fourth-order valence-electron chi connectivity index (χ4n) is 3.66. The van der Waals surface area contributed by atoms with Crippen LogP contribution in [-0.2, 0) is 6.61 Å². The van der Waals surface area contributed by atoms with Crippen molar-refractivity contribution in [2.75, 3.05) is 26.2 Å². The summed E-state index contributed by atoms with van der Waals surface area (Å²) < 4.78 is 32.7. The molecule has 0 atom stereocenters. The number of carbonyl (C=O) groups excluding carboxylic acids is 2. The zero-order chi connectivity index (χ0) is 23.4. The van der Waals surface area contributed by atoms with Crippen molar-refractivity contribution in [1.29, 1.82) is 0 Å². The fourth-order valence-corrected chi connectivity index (χ4v) is 4.61.